The summed E-state index contributed by atoms with van der Waals surface area (Å²) in [6, 6.07) is 8.61. The summed E-state index contributed by atoms with van der Waals surface area (Å²) in [5.74, 6) is 0.642. The van der Waals surface area contributed by atoms with Gasteiger partial charge in [0.1, 0.15) is 5.15 Å². The molecule has 5 nitrogen and oxygen atoms in total. The molecule has 0 spiro atoms. The largest absolute Gasteiger partial charge is 0.437 e. The maximum absolute atomic E-state index is 11.2. The highest BCUT2D eigenvalue weighted by molar-refractivity contribution is 7.98. The van der Waals surface area contributed by atoms with Crippen LogP contribution in [0.1, 0.15) is 6.92 Å². The number of thioether (sulfide) groups is 1. The van der Waals surface area contributed by atoms with Crippen molar-refractivity contribution in [3.05, 3.63) is 35.5 Å². The van der Waals surface area contributed by atoms with E-state index in [2.05, 4.69) is 15.3 Å². The Labute approximate surface area is 125 Å². The first kappa shape index (κ1) is 14.6. The normalized spacial score (nSPS) is 10.2. The van der Waals surface area contributed by atoms with E-state index in [9.17, 15) is 4.79 Å². The Morgan fingerprint density at radius 1 is 1.35 bits per heavy atom. The number of anilines is 1. The van der Waals surface area contributed by atoms with E-state index in [1.54, 1.807) is 24.3 Å². The highest BCUT2D eigenvalue weighted by Gasteiger charge is 2.09. The fourth-order valence-electron chi connectivity index (χ4n) is 1.48. The van der Waals surface area contributed by atoms with Crippen LogP contribution in [0.15, 0.2) is 35.5 Å². The topological polar surface area (TPSA) is 64.1 Å². The first-order valence-electron chi connectivity index (χ1n) is 5.71. The molecule has 0 bridgehead atoms. The van der Waals surface area contributed by atoms with Crippen LogP contribution in [0, 0.1) is 0 Å². The average Bonchev–Trinajstić information content (AvgIpc) is 2.39. The smallest absolute Gasteiger partial charge is 0.224 e. The second-order valence-corrected chi connectivity index (χ2v) is 4.96. The molecule has 1 amide bonds. The molecule has 2 rings (SSSR count). The minimum Gasteiger partial charge on any atom is -0.437 e. The third-order valence-electron chi connectivity index (χ3n) is 2.25. The van der Waals surface area contributed by atoms with E-state index in [1.165, 1.54) is 24.8 Å². The van der Waals surface area contributed by atoms with Crippen LogP contribution < -0.4 is 10.1 Å². The molecule has 0 saturated heterocycles. The Bertz CT molecular complexity index is 637. The molecule has 0 saturated carbocycles. The zero-order valence-corrected chi connectivity index (χ0v) is 12.5. The molecule has 0 aliphatic rings. The van der Waals surface area contributed by atoms with Crippen molar-refractivity contribution in [3.8, 4) is 11.6 Å². The number of halogens is 1. The van der Waals surface area contributed by atoms with Crippen LogP contribution in [0.2, 0.25) is 5.15 Å². The van der Waals surface area contributed by atoms with Gasteiger partial charge in [-0.15, -0.1) is 0 Å². The minimum absolute atomic E-state index is 0.174. The number of carbonyl (C=O) groups excluding carboxylic acids is 1. The second kappa shape index (κ2) is 6.58. The van der Waals surface area contributed by atoms with Crippen molar-refractivity contribution in [2.45, 2.75) is 12.1 Å². The van der Waals surface area contributed by atoms with Crippen molar-refractivity contribution in [2.75, 3.05) is 11.6 Å². The number of nitrogens with zero attached hydrogens (tertiary/aromatic N) is 2. The summed E-state index contributed by atoms with van der Waals surface area (Å²) in [5, 5.41) is 3.51. The standard InChI is InChI=1S/C13H12ClN3O2S/c1-8(18)15-9-5-3-4-6-10(9)19-12-7-11(14)16-13(17-12)20-2/h3-7H,1-2H3,(H,15,18). The van der Waals surface area contributed by atoms with Crippen LogP contribution in [0.25, 0.3) is 0 Å². The lowest BCUT2D eigenvalue weighted by Crippen LogP contribution is -2.07. The number of aromatic nitrogens is 2. The lowest BCUT2D eigenvalue weighted by atomic mass is 10.3. The average molecular weight is 310 g/mol. The van der Waals surface area contributed by atoms with Gasteiger partial charge in [-0.05, 0) is 18.4 Å². The molecule has 1 aromatic carbocycles. The van der Waals surface area contributed by atoms with Gasteiger partial charge >= 0.3 is 0 Å². The van der Waals surface area contributed by atoms with Gasteiger partial charge in [0.05, 0.1) is 5.69 Å². The fraction of sp³-hybridized carbons (Fsp3) is 0.154. The van der Waals surface area contributed by atoms with Gasteiger partial charge in [0.15, 0.2) is 10.9 Å². The Balaban J connectivity index is 2.30. The van der Waals surface area contributed by atoms with Crippen molar-refractivity contribution in [2.24, 2.45) is 0 Å². The summed E-state index contributed by atoms with van der Waals surface area (Å²) < 4.78 is 5.67. The number of amides is 1. The molecule has 0 fully saturated rings. The Morgan fingerprint density at radius 3 is 2.80 bits per heavy atom. The first-order valence-corrected chi connectivity index (χ1v) is 7.32. The van der Waals surface area contributed by atoms with E-state index in [0.717, 1.165) is 0 Å². The van der Waals surface area contributed by atoms with Crippen molar-refractivity contribution in [1.82, 2.24) is 9.97 Å². The van der Waals surface area contributed by atoms with Crippen molar-refractivity contribution < 1.29 is 9.53 Å². The van der Waals surface area contributed by atoms with E-state index >= 15 is 0 Å². The van der Waals surface area contributed by atoms with E-state index in [-0.39, 0.29) is 5.91 Å². The molecule has 7 heteroatoms. The zero-order valence-electron chi connectivity index (χ0n) is 10.9. The second-order valence-electron chi connectivity index (χ2n) is 3.80. The fourth-order valence-corrected chi connectivity index (χ4v) is 2.08. The van der Waals surface area contributed by atoms with Gasteiger partial charge in [-0.1, -0.05) is 35.5 Å². The number of hydrogen-bond donors (Lipinski definition) is 1. The molecule has 0 radical (unpaired) electrons. The van der Waals surface area contributed by atoms with E-state index < -0.39 is 0 Å². The SMILES string of the molecule is CSc1nc(Cl)cc(Oc2ccccc2NC(C)=O)n1. The molecule has 0 aliphatic carbocycles. The zero-order chi connectivity index (χ0) is 14.5. The van der Waals surface area contributed by atoms with Crippen LogP contribution >= 0.6 is 23.4 Å². The van der Waals surface area contributed by atoms with Crippen molar-refractivity contribution in [1.29, 1.82) is 0 Å². The van der Waals surface area contributed by atoms with E-state index in [1.807, 2.05) is 6.26 Å². The predicted molar refractivity (Wildman–Crippen MR) is 79.6 cm³/mol. The molecule has 20 heavy (non-hydrogen) atoms. The van der Waals surface area contributed by atoms with E-state index in [0.29, 0.717) is 27.6 Å². The van der Waals surface area contributed by atoms with Gasteiger partial charge in [0, 0.05) is 13.0 Å². The highest BCUT2D eigenvalue weighted by Crippen LogP contribution is 2.29. The third-order valence-corrected chi connectivity index (χ3v) is 2.99. The monoisotopic (exact) mass is 309 g/mol. The van der Waals surface area contributed by atoms with Crippen LogP contribution in [-0.2, 0) is 4.79 Å². The molecule has 1 N–H and O–H groups in total. The van der Waals surface area contributed by atoms with Gasteiger partial charge < -0.3 is 10.1 Å². The molecule has 0 aliphatic heterocycles. The lowest BCUT2D eigenvalue weighted by molar-refractivity contribution is -0.114. The van der Waals surface area contributed by atoms with Gasteiger partial charge in [-0.25, -0.2) is 4.98 Å². The Morgan fingerprint density at radius 2 is 2.10 bits per heavy atom. The summed E-state index contributed by atoms with van der Waals surface area (Å²) in [5.41, 5.74) is 0.570. The third kappa shape index (κ3) is 3.85. The first-order chi connectivity index (χ1) is 9.58. The molecule has 1 heterocycles. The van der Waals surface area contributed by atoms with Gasteiger partial charge in [0.2, 0.25) is 11.8 Å². The number of carbonyl (C=O) groups is 1. The molecule has 0 atom stereocenters. The van der Waals surface area contributed by atoms with E-state index in [4.69, 9.17) is 16.3 Å². The highest BCUT2D eigenvalue weighted by atomic mass is 35.5. The number of benzene rings is 1. The van der Waals surface area contributed by atoms with Gasteiger partial charge in [-0.2, -0.15) is 4.98 Å². The summed E-state index contributed by atoms with van der Waals surface area (Å²) in [7, 11) is 0. The lowest BCUT2D eigenvalue weighted by Gasteiger charge is -2.11. The molecule has 0 unspecified atom stereocenters. The van der Waals surface area contributed by atoms with Gasteiger partial charge in [-0.3, -0.25) is 4.79 Å². The summed E-state index contributed by atoms with van der Waals surface area (Å²) in [6.07, 6.45) is 1.85. The Hall–Kier alpha value is -1.79. The quantitative estimate of drug-likeness (QED) is 0.531. The number of para-hydroxylation sites is 2. The molecule has 1 aromatic heterocycles. The predicted octanol–water partition coefficient (Wildman–Crippen LogP) is 3.60. The molecular weight excluding hydrogens is 298 g/mol. The van der Waals surface area contributed by atoms with Crippen LogP contribution in [-0.4, -0.2) is 22.1 Å². The number of hydrogen-bond acceptors (Lipinski definition) is 5. The van der Waals surface area contributed by atoms with Gasteiger partial charge in [0.25, 0.3) is 0 Å². The maximum atomic E-state index is 11.2. The molecule has 2 aromatic rings. The Kier molecular flexibility index (Phi) is 4.81. The summed E-state index contributed by atoms with van der Waals surface area (Å²) in [4.78, 5) is 19.4. The summed E-state index contributed by atoms with van der Waals surface area (Å²) >= 11 is 7.27. The number of rotatable bonds is 4. The summed E-state index contributed by atoms with van der Waals surface area (Å²) in [6.45, 7) is 1.43. The number of nitrogens with one attached hydrogen (secondary N) is 1. The van der Waals surface area contributed by atoms with Crippen molar-refractivity contribution >= 4 is 35.0 Å². The minimum atomic E-state index is -0.174. The van der Waals surface area contributed by atoms with Crippen LogP contribution in [0.5, 0.6) is 11.6 Å². The van der Waals surface area contributed by atoms with Crippen LogP contribution in [0.3, 0.4) is 0 Å². The molecular formula is C13H12ClN3O2S. The van der Waals surface area contributed by atoms with Crippen molar-refractivity contribution in [3.63, 3.8) is 0 Å². The maximum Gasteiger partial charge on any atom is 0.224 e. The number of ether oxygens (including phenoxy) is 1. The molecule has 104 valence electrons. The van der Waals surface area contributed by atoms with Crippen LogP contribution in [0.4, 0.5) is 5.69 Å².